The zero-order valence-electron chi connectivity index (χ0n) is 13.9. The maximum Gasteiger partial charge on any atom is 0.338 e. The first kappa shape index (κ1) is 16.8. The number of anilines is 2. The van der Waals surface area contributed by atoms with Gasteiger partial charge in [-0.05, 0) is 24.3 Å². The molecule has 0 amide bonds. The van der Waals surface area contributed by atoms with Gasteiger partial charge in [0.1, 0.15) is 5.69 Å². The molecule has 2 aromatic rings. The maximum absolute atomic E-state index is 11.6. The molecule has 3 rings (SSSR count). The number of piperazine rings is 1. The summed E-state index contributed by atoms with van der Waals surface area (Å²) in [5, 5.41) is 11.4. The SMILES string of the molecule is COC(=O)c1ccc(N2CCN(c3ccccc3)CC2)c([N+](=O)[O-])c1. The lowest BCUT2D eigenvalue weighted by molar-refractivity contribution is -0.384. The van der Waals surface area contributed by atoms with E-state index < -0.39 is 10.9 Å². The molecule has 130 valence electrons. The molecule has 0 aliphatic carbocycles. The van der Waals surface area contributed by atoms with Crippen LogP contribution in [0.25, 0.3) is 0 Å². The Kier molecular flexibility index (Phi) is 4.83. The minimum atomic E-state index is -0.580. The van der Waals surface area contributed by atoms with Gasteiger partial charge in [-0.3, -0.25) is 10.1 Å². The number of carbonyl (C=O) groups excluding carboxylic acids is 1. The smallest absolute Gasteiger partial charge is 0.338 e. The van der Waals surface area contributed by atoms with Gasteiger partial charge in [-0.1, -0.05) is 18.2 Å². The van der Waals surface area contributed by atoms with Crippen LogP contribution in [0.4, 0.5) is 17.1 Å². The van der Waals surface area contributed by atoms with Crippen LogP contribution in [0, 0.1) is 10.1 Å². The van der Waals surface area contributed by atoms with Crippen LogP contribution in [0.5, 0.6) is 0 Å². The van der Waals surface area contributed by atoms with Crippen molar-refractivity contribution < 1.29 is 14.5 Å². The average molecular weight is 341 g/mol. The van der Waals surface area contributed by atoms with E-state index in [9.17, 15) is 14.9 Å². The number of hydrogen-bond acceptors (Lipinski definition) is 6. The second-order valence-electron chi connectivity index (χ2n) is 5.76. The molecular weight excluding hydrogens is 322 g/mol. The molecule has 0 spiro atoms. The number of methoxy groups -OCH3 is 1. The summed E-state index contributed by atoms with van der Waals surface area (Å²) in [6.07, 6.45) is 0. The molecule has 1 fully saturated rings. The van der Waals surface area contributed by atoms with Crippen molar-refractivity contribution in [1.29, 1.82) is 0 Å². The van der Waals surface area contributed by atoms with Crippen LogP contribution in [0.3, 0.4) is 0 Å². The molecule has 1 saturated heterocycles. The fourth-order valence-electron chi connectivity index (χ4n) is 3.03. The number of benzene rings is 2. The standard InChI is InChI=1S/C18H19N3O4/c1-25-18(22)14-7-8-16(17(13-14)21(23)24)20-11-9-19(10-12-20)15-5-3-2-4-6-15/h2-8,13H,9-12H2,1H3. The van der Waals surface area contributed by atoms with Crippen LogP contribution in [0.2, 0.25) is 0 Å². The molecule has 1 heterocycles. The van der Waals surface area contributed by atoms with E-state index >= 15 is 0 Å². The first-order valence-corrected chi connectivity index (χ1v) is 8.02. The summed E-state index contributed by atoms with van der Waals surface area (Å²) >= 11 is 0. The third kappa shape index (κ3) is 3.55. The highest BCUT2D eigenvalue weighted by Gasteiger charge is 2.25. The van der Waals surface area contributed by atoms with Crippen LogP contribution in [-0.4, -0.2) is 44.2 Å². The topological polar surface area (TPSA) is 75.9 Å². The van der Waals surface area contributed by atoms with Crippen LogP contribution >= 0.6 is 0 Å². The number of carbonyl (C=O) groups is 1. The van der Waals surface area contributed by atoms with E-state index in [4.69, 9.17) is 0 Å². The van der Waals surface area contributed by atoms with Crippen molar-refractivity contribution in [3.05, 3.63) is 64.2 Å². The van der Waals surface area contributed by atoms with Crippen molar-refractivity contribution in [1.82, 2.24) is 0 Å². The second-order valence-corrected chi connectivity index (χ2v) is 5.76. The number of rotatable bonds is 4. The Labute approximate surface area is 145 Å². The predicted molar refractivity (Wildman–Crippen MR) is 95.3 cm³/mol. The summed E-state index contributed by atoms with van der Waals surface area (Å²) in [4.78, 5) is 26.8. The largest absolute Gasteiger partial charge is 0.465 e. The van der Waals surface area contributed by atoms with E-state index in [1.165, 1.54) is 13.2 Å². The van der Waals surface area contributed by atoms with Gasteiger partial charge in [0, 0.05) is 37.9 Å². The summed E-state index contributed by atoms with van der Waals surface area (Å²) in [6, 6.07) is 14.6. The third-order valence-electron chi connectivity index (χ3n) is 4.33. The Balaban J connectivity index is 1.78. The van der Waals surface area contributed by atoms with Crippen LogP contribution in [0.15, 0.2) is 48.5 Å². The van der Waals surface area contributed by atoms with Crippen LogP contribution in [0.1, 0.15) is 10.4 Å². The molecule has 7 nitrogen and oxygen atoms in total. The van der Waals surface area contributed by atoms with Gasteiger partial charge in [-0.2, -0.15) is 0 Å². The molecule has 7 heteroatoms. The molecule has 0 N–H and O–H groups in total. The van der Waals surface area contributed by atoms with Gasteiger partial charge < -0.3 is 14.5 Å². The maximum atomic E-state index is 11.6. The normalized spacial score (nSPS) is 14.3. The van der Waals surface area contributed by atoms with Crippen molar-refractivity contribution in [2.45, 2.75) is 0 Å². The Morgan fingerprint density at radius 3 is 2.28 bits per heavy atom. The highest BCUT2D eigenvalue weighted by Crippen LogP contribution is 2.31. The van der Waals surface area contributed by atoms with Gasteiger partial charge in [0.2, 0.25) is 0 Å². The monoisotopic (exact) mass is 341 g/mol. The summed E-state index contributed by atoms with van der Waals surface area (Å²) in [5.74, 6) is -0.580. The minimum absolute atomic E-state index is 0.0731. The highest BCUT2D eigenvalue weighted by molar-refractivity contribution is 5.91. The number of nitro benzene ring substituents is 1. The molecule has 0 aromatic heterocycles. The minimum Gasteiger partial charge on any atom is -0.465 e. The van der Waals surface area contributed by atoms with Gasteiger partial charge in [0.05, 0.1) is 17.6 Å². The first-order chi connectivity index (χ1) is 12.1. The number of nitro groups is 1. The molecule has 1 aliphatic rings. The Hall–Kier alpha value is -3.09. The molecule has 0 bridgehead atoms. The molecule has 0 unspecified atom stereocenters. The molecule has 0 atom stereocenters. The number of para-hydroxylation sites is 1. The van der Waals surface area contributed by atoms with Crippen molar-refractivity contribution in [3.63, 3.8) is 0 Å². The summed E-state index contributed by atoms with van der Waals surface area (Å²) in [7, 11) is 1.25. The van der Waals surface area contributed by atoms with Crippen LogP contribution in [-0.2, 0) is 4.74 Å². The van der Waals surface area contributed by atoms with Gasteiger partial charge in [0.25, 0.3) is 5.69 Å². The molecule has 0 saturated carbocycles. The quantitative estimate of drug-likeness (QED) is 0.483. The third-order valence-corrected chi connectivity index (χ3v) is 4.33. The molecule has 0 radical (unpaired) electrons. The van der Waals surface area contributed by atoms with Crippen molar-refractivity contribution in [2.75, 3.05) is 43.1 Å². The molecule has 25 heavy (non-hydrogen) atoms. The molecule has 1 aliphatic heterocycles. The van der Waals surface area contributed by atoms with Crippen molar-refractivity contribution in [3.8, 4) is 0 Å². The summed E-state index contributed by atoms with van der Waals surface area (Å²) in [5.41, 5.74) is 1.79. The number of nitrogens with zero attached hydrogens (tertiary/aromatic N) is 3. The number of esters is 1. The van der Waals surface area contributed by atoms with Gasteiger partial charge >= 0.3 is 5.97 Å². The zero-order valence-corrected chi connectivity index (χ0v) is 13.9. The van der Waals surface area contributed by atoms with Crippen molar-refractivity contribution in [2.24, 2.45) is 0 Å². The highest BCUT2D eigenvalue weighted by atomic mass is 16.6. The van der Waals surface area contributed by atoms with Crippen molar-refractivity contribution >= 4 is 23.0 Å². The fourth-order valence-corrected chi connectivity index (χ4v) is 3.03. The first-order valence-electron chi connectivity index (χ1n) is 8.02. The fraction of sp³-hybridized carbons (Fsp3) is 0.278. The van der Waals surface area contributed by atoms with Gasteiger partial charge in [-0.15, -0.1) is 0 Å². The van der Waals surface area contributed by atoms with E-state index in [0.29, 0.717) is 18.8 Å². The zero-order chi connectivity index (χ0) is 17.8. The number of hydrogen-bond donors (Lipinski definition) is 0. The average Bonchev–Trinajstić information content (AvgIpc) is 2.67. The lowest BCUT2D eigenvalue weighted by Gasteiger charge is -2.37. The van der Waals surface area contributed by atoms with E-state index in [-0.39, 0.29) is 11.3 Å². The van der Waals surface area contributed by atoms with Gasteiger partial charge in [0.15, 0.2) is 0 Å². The second kappa shape index (κ2) is 7.21. The Morgan fingerprint density at radius 2 is 1.68 bits per heavy atom. The van der Waals surface area contributed by atoms with E-state index in [2.05, 4.69) is 21.8 Å². The van der Waals surface area contributed by atoms with Gasteiger partial charge in [-0.25, -0.2) is 4.79 Å². The summed E-state index contributed by atoms with van der Waals surface area (Å²) in [6.45, 7) is 2.90. The van der Waals surface area contributed by atoms with Crippen LogP contribution < -0.4 is 9.80 Å². The molecule has 2 aromatic carbocycles. The van der Waals surface area contributed by atoms with E-state index in [1.54, 1.807) is 12.1 Å². The Bertz CT molecular complexity index is 771. The van der Waals surface area contributed by atoms with E-state index in [0.717, 1.165) is 18.8 Å². The number of ether oxygens (including phenoxy) is 1. The van der Waals surface area contributed by atoms with E-state index in [1.807, 2.05) is 23.1 Å². The lowest BCUT2D eigenvalue weighted by atomic mass is 10.1. The molecular formula is C18H19N3O4. The summed E-state index contributed by atoms with van der Waals surface area (Å²) < 4.78 is 4.64. The Morgan fingerprint density at radius 1 is 1.04 bits per heavy atom. The predicted octanol–water partition coefficient (Wildman–Crippen LogP) is 2.71. The lowest BCUT2D eigenvalue weighted by Crippen LogP contribution is -2.46.